The highest BCUT2D eigenvalue weighted by atomic mass is 15.3. The Morgan fingerprint density at radius 2 is 1.56 bits per heavy atom. The van der Waals surface area contributed by atoms with Gasteiger partial charge in [0.15, 0.2) is 5.82 Å². The lowest BCUT2D eigenvalue weighted by Crippen LogP contribution is -2.06. The number of aromatic nitrogens is 4. The molecule has 4 rings (SSSR count). The molecule has 0 spiro atoms. The molecule has 0 bridgehead atoms. The fourth-order valence-corrected chi connectivity index (χ4v) is 3.25. The molecule has 0 saturated heterocycles. The quantitative estimate of drug-likeness (QED) is 0.469. The van der Waals surface area contributed by atoms with Gasteiger partial charge in [0.1, 0.15) is 5.82 Å². The van der Waals surface area contributed by atoms with E-state index in [-0.39, 0.29) is 0 Å². The first kappa shape index (κ1) is 16.9. The smallest absolute Gasteiger partial charge is 0.164 e. The molecule has 4 aromatic rings. The molecule has 0 amide bonds. The Balaban J connectivity index is 1.74. The van der Waals surface area contributed by atoms with E-state index in [0.717, 1.165) is 17.2 Å². The van der Waals surface area contributed by atoms with Gasteiger partial charge in [-0.15, -0.1) is 16.8 Å². The summed E-state index contributed by atoms with van der Waals surface area (Å²) < 4.78 is 2.12. The molecule has 2 aromatic carbocycles. The van der Waals surface area contributed by atoms with Crippen LogP contribution in [0.1, 0.15) is 11.4 Å². The summed E-state index contributed by atoms with van der Waals surface area (Å²) in [5.74, 6) is 1.76. The van der Waals surface area contributed by atoms with Crippen molar-refractivity contribution >= 4 is 0 Å². The molecule has 0 saturated carbocycles. The first-order chi connectivity index (χ1) is 13.4. The third-order valence-corrected chi connectivity index (χ3v) is 4.53. The average Bonchev–Trinajstić information content (AvgIpc) is 3.12. The zero-order valence-electron chi connectivity index (χ0n) is 15.0. The van der Waals surface area contributed by atoms with Gasteiger partial charge in [-0.25, -0.2) is 0 Å². The standard InChI is InChI=1S/C23H20N4/c1-2-16-27-22(25-26-23(27)19-12-14-24-15-13-19)17-20-10-6-7-11-21(20)18-8-4-3-5-9-18/h2-15H,1,16-17H2. The molecule has 0 N–H and O–H groups in total. The second-order valence-electron chi connectivity index (χ2n) is 6.27. The van der Waals surface area contributed by atoms with Crippen LogP contribution in [0.25, 0.3) is 22.5 Å². The summed E-state index contributed by atoms with van der Waals surface area (Å²) in [5, 5.41) is 8.93. The molecule has 0 atom stereocenters. The van der Waals surface area contributed by atoms with E-state index in [1.807, 2.05) is 24.3 Å². The van der Waals surface area contributed by atoms with Crippen LogP contribution in [0.4, 0.5) is 0 Å². The normalized spacial score (nSPS) is 10.7. The van der Waals surface area contributed by atoms with Crippen molar-refractivity contribution < 1.29 is 0 Å². The van der Waals surface area contributed by atoms with Gasteiger partial charge in [-0.1, -0.05) is 60.7 Å². The maximum absolute atomic E-state index is 4.49. The van der Waals surface area contributed by atoms with E-state index in [4.69, 9.17) is 0 Å². The molecule has 2 aromatic heterocycles. The molecule has 4 heteroatoms. The second-order valence-corrected chi connectivity index (χ2v) is 6.27. The van der Waals surface area contributed by atoms with Crippen molar-refractivity contribution in [2.45, 2.75) is 13.0 Å². The number of benzene rings is 2. The first-order valence-electron chi connectivity index (χ1n) is 8.93. The van der Waals surface area contributed by atoms with E-state index in [1.54, 1.807) is 12.4 Å². The van der Waals surface area contributed by atoms with Crippen LogP contribution in [0.3, 0.4) is 0 Å². The van der Waals surface area contributed by atoms with Crippen molar-refractivity contribution in [2.24, 2.45) is 0 Å². The van der Waals surface area contributed by atoms with Gasteiger partial charge in [0.25, 0.3) is 0 Å². The second kappa shape index (κ2) is 7.79. The molecule has 0 radical (unpaired) electrons. The fraction of sp³-hybridized carbons (Fsp3) is 0.0870. The summed E-state index contributed by atoms with van der Waals surface area (Å²) in [7, 11) is 0. The highest BCUT2D eigenvalue weighted by molar-refractivity contribution is 5.67. The zero-order chi connectivity index (χ0) is 18.5. The summed E-state index contributed by atoms with van der Waals surface area (Å²) in [5.41, 5.74) is 4.65. The van der Waals surface area contributed by atoms with Gasteiger partial charge in [-0.3, -0.25) is 4.98 Å². The SMILES string of the molecule is C=CCn1c(Cc2ccccc2-c2ccccc2)nnc1-c1ccncc1. The van der Waals surface area contributed by atoms with Crippen LogP contribution < -0.4 is 0 Å². The van der Waals surface area contributed by atoms with Crippen molar-refractivity contribution in [3.05, 3.63) is 103 Å². The molecule has 0 fully saturated rings. The van der Waals surface area contributed by atoms with E-state index >= 15 is 0 Å². The molecule has 0 aliphatic carbocycles. The molecular formula is C23H20N4. The monoisotopic (exact) mass is 352 g/mol. The largest absolute Gasteiger partial charge is 0.307 e. The number of hydrogen-bond donors (Lipinski definition) is 0. The van der Waals surface area contributed by atoms with Crippen molar-refractivity contribution in [3.8, 4) is 22.5 Å². The third-order valence-electron chi connectivity index (χ3n) is 4.53. The van der Waals surface area contributed by atoms with Crippen molar-refractivity contribution in [1.29, 1.82) is 0 Å². The Morgan fingerprint density at radius 1 is 0.815 bits per heavy atom. The van der Waals surface area contributed by atoms with Crippen molar-refractivity contribution in [2.75, 3.05) is 0 Å². The highest BCUT2D eigenvalue weighted by Crippen LogP contribution is 2.26. The van der Waals surface area contributed by atoms with Crippen LogP contribution >= 0.6 is 0 Å². The predicted octanol–water partition coefficient (Wildman–Crippen LogP) is 4.78. The number of hydrogen-bond acceptors (Lipinski definition) is 3. The van der Waals surface area contributed by atoms with Gasteiger partial charge < -0.3 is 4.57 Å². The van der Waals surface area contributed by atoms with Crippen LogP contribution in [-0.2, 0) is 13.0 Å². The van der Waals surface area contributed by atoms with Crippen molar-refractivity contribution in [1.82, 2.24) is 19.7 Å². The first-order valence-corrected chi connectivity index (χ1v) is 8.93. The van der Waals surface area contributed by atoms with E-state index in [9.17, 15) is 0 Å². The van der Waals surface area contributed by atoms with Crippen LogP contribution in [0, 0.1) is 0 Å². The van der Waals surface area contributed by atoms with Crippen molar-refractivity contribution in [3.63, 3.8) is 0 Å². The van der Waals surface area contributed by atoms with Crippen LogP contribution in [0.2, 0.25) is 0 Å². The lowest BCUT2D eigenvalue weighted by molar-refractivity contribution is 0.764. The number of pyridine rings is 1. The maximum Gasteiger partial charge on any atom is 0.164 e. The molecule has 0 aliphatic rings. The van der Waals surface area contributed by atoms with Gasteiger partial charge >= 0.3 is 0 Å². The van der Waals surface area contributed by atoms with Crippen LogP contribution in [0.15, 0.2) is 91.8 Å². The minimum Gasteiger partial charge on any atom is -0.307 e. The van der Waals surface area contributed by atoms with E-state index in [0.29, 0.717) is 13.0 Å². The number of rotatable bonds is 6. The Kier molecular flexibility index (Phi) is 4.88. The number of nitrogens with zero attached hydrogens (tertiary/aromatic N) is 4. The lowest BCUT2D eigenvalue weighted by atomic mass is 9.97. The fourth-order valence-electron chi connectivity index (χ4n) is 3.25. The Morgan fingerprint density at radius 3 is 2.33 bits per heavy atom. The molecule has 27 heavy (non-hydrogen) atoms. The Hall–Kier alpha value is -3.53. The summed E-state index contributed by atoms with van der Waals surface area (Å²) >= 11 is 0. The van der Waals surface area contributed by atoms with Gasteiger partial charge in [-0.2, -0.15) is 0 Å². The van der Waals surface area contributed by atoms with Gasteiger partial charge in [-0.05, 0) is 28.8 Å². The van der Waals surface area contributed by atoms with Crippen LogP contribution in [0.5, 0.6) is 0 Å². The lowest BCUT2D eigenvalue weighted by Gasteiger charge is -2.11. The molecule has 0 aliphatic heterocycles. The van der Waals surface area contributed by atoms with E-state index in [2.05, 4.69) is 74.9 Å². The zero-order valence-corrected chi connectivity index (χ0v) is 15.0. The summed E-state index contributed by atoms with van der Waals surface area (Å²) in [6.07, 6.45) is 6.12. The molecule has 2 heterocycles. The summed E-state index contributed by atoms with van der Waals surface area (Å²) in [4.78, 5) is 4.09. The van der Waals surface area contributed by atoms with Crippen LogP contribution in [-0.4, -0.2) is 19.7 Å². The topological polar surface area (TPSA) is 43.6 Å². The van der Waals surface area contributed by atoms with Gasteiger partial charge in [0.05, 0.1) is 0 Å². The van der Waals surface area contributed by atoms with Gasteiger partial charge in [0.2, 0.25) is 0 Å². The predicted molar refractivity (Wildman–Crippen MR) is 108 cm³/mol. The third kappa shape index (κ3) is 3.55. The average molecular weight is 352 g/mol. The minimum absolute atomic E-state index is 0.660. The number of allylic oxidation sites excluding steroid dienone is 1. The molecular weight excluding hydrogens is 332 g/mol. The Bertz CT molecular complexity index is 1040. The molecule has 4 nitrogen and oxygen atoms in total. The summed E-state index contributed by atoms with van der Waals surface area (Å²) in [6.45, 7) is 4.56. The summed E-state index contributed by atoms with van der Waals surface area (Å²) in [6, 6.07) is 22.8. The van der Waals surface area contributed by atoms with E-state index < -0.39 is 0 Å². The maximum atomic E-state index is 4.49. The highest BCUT2D eigenvalue weighted by Gasteiger charge is 2.15. The van der Waals surface area contributed by atoms with Gasteiger partial charge in [0, 0.05) is 30.9 Å². The molecule has 0 unspecified atom stereocenters. The Labute approximate surface area is 158 Å². The van der Waals surface area contributed by atoms with E-state index in [1.165, 1.54) is 16.7 Å². The molecule has 132 valence electrons. The minimum atomic E-state index is 0.660.